The third-order valence-electron chi connectivity index (χ3n) is 1.60. The van der Waals surface area contributed by atoms with Gasteiger partial charge in [-0.15, -0.1) is 0 Å². The largest absolute Gasteiger partial charge is 0.481 e. The standard InChI is InChI=1S/C8H11ClN2O/c1-4-6-10-7(9)5(2)8(11-6)12-3/h4H2,1-3H3. The molecule has 0 amide bonds. The lowest BCUT2D eigenvalue weighted by Gasteiger charge is -2.05. The molecule has 0 aromatic carbocycles. The first-order valence-electron chi connectivity index (χ1n) is 3.76. The SMILES string of the molecule is CCc1nc(Cl)c(C)c(OC)n1. The lowest BCUT2D eigenvalue weighted by Crippen LogP contribution is -1.99. The Balaban J connectivity index is 3.19. The van der Waals surface area contributed by atoms with E-state index in [0.717, 1.165) is 12.0 Å². The van der Waals surface area contributed by atoms with Crippen molar-refractivity contribution in [2.45, 2.75) is 20.3 Å². The van der Waals surface area contributed by atoms with Crippen LogP contribution in [0.25, 0.3) is 0 Å². The molecule has 1 heterocycles. The number of halogens is 1. The van der Waals surface area contributed by atoms with Crippen LogP contribution in [0.1, 0.15) is 18.3 Å². The fraction of sp³-hybridized carbons (Fsp3) is 0.500. The normalized spacial score (nSPS) is 10.0. The maximum atomic E-state index is 5.85. The quantitative estimate of drug-likeness (QED) is 0.663. The van der Waals surface area contributed by atoms with Crippen molar-refractivity contribution in [2.75, 3.05) is 7.11 Å². The van der Waals surface area contributed by atoms with Crippen LogP contribution in [0, 0.1) is 6.92 Å². The fourth-order valence-corrected chi connectivity index (χ4v) is 1.05. The summed E-state index contributed by atoms with van der Waals surface area (Å²) in [5.74, 6) is 1.27. The average Bonchev–Trinajstić information content (AvgIpc) is 2.09. The third-order valence-corrected chi connectivity index (χ3v) is 1.97. The summed E-state index contributed by atoms with van der Waals surface area (Å²) in [7, 11) is 1.57. The van der Waals surface area contributed by atoms with Gasteiger partial charge in [-0.3, -0.25) is 0 Å². The zero-order valence-electron chi connectivity index (χ0n) is 7.39. The highest BCUT2D eigenvalue weighted by Crippen LogP contribution is 2.21. The van der Waals surface area contributed by atoms with Gasteiger partial charge in [-0.1, -0.05) is 18.5 Å². The van der Waals surface area contributed by atoms with Crippen molar-refractivity contribution in [3.8, 4) is 5.88 Å². The van der Waals surface area contributed by atoms with Crippen molar-refractivity contribution in [3.05, 3.63) is 16.5 Å². The lowest BCUT2D eigenvalue weighted by atomic mass is 10.3. The Bertz CT molecular complexity index is 289. The van der Waals surface area contributed by atoms with Gasteiger partial charge in [0.1, 0.15) is 11.0 Å². The van der Waals surface area contributed by atoms with E-state index in [2.05, 4.69) is 9.97 Å². The summed E-state index contributed by atoms with van der Waals surface area (Å²) in [4.78, 5) is 8.23. The molecule has 0 atom stereocenters. The van der Waals surface area contributed by atoms with Gasteiger partial charge in [-0.2, -0.15) is 4.98 Å². The summed E-state index contributed by atoms with van der Waals surface area (Å²) in [6.07, 6.45) is 0.760. The van der Waals surface area contributed by atoms with Crippen LogP contribution in [0.4, 0.5) is 0 Å². The number of aromatic nitrogens is 2. The fourth-order valence-electron chi connectivity index (χ4n) is 0.868. The van der Waals surface area contributed by atoms with Gasteiger partial charge in [0.2, 0.25) is 5.88 Å². The molecule has 0 saturated heterocycles. The monoisotopic (exact) mass is 186 g/mol. The summed E-state index contributed by atoms with van der Waals surface area (Å²) in [6.45, 7) is 3.81. The van der Waals surface area contributed by atoms with E-state index in [1.165, 1.54) is 0 Å². The first-order chi connectivity index (χ1) is 5.69. The summed E-state index contributed by atoms with van der Waals surface area (Å²) in [5, 5.41) is 0.471. The molecule has 1 rings (SSSR count). The van der Waals surface area contributed by atoms with Gasteiger partial charge in [0.05, 0.1) is 7.11 Å². The minimum absolute atomic E-state index is 0.471. The van der Waals surface area contributed by atoms with E-state index < -0.39 is 0 Å². The average molecular weight is 187 g/mol. The molecule has 0 N–H and O–H groups in total. The van der Waals surface area contributed by atoms with Crippen LogP contribution in [-0.2, 0) is 6.42 Å². The van der Waals surface area contributed by atoms with Crippen LogP contribution in [0.15, 0.2) is 0 Å². The Morgan fingerprint density at radius 2 is 2.08 bits per heavy atom. The molecule has 0 unspecified atom stereocenters. The second-order valence-corrected chi connectivity index (χ2v) is 2.78. The third kappa shape index (κ3) is 1.67. The van der Waals surface area contributed by atoms with Gasteiger partial charge >= 0.3 is 0 Å². The maximum Gasteiger partial charge on any atom is 0.220 e. The molecular formula is C8H11ClN2O. The number of ether oxygens (including phenoxy) is 1. The van der Waals surface area contributed by atoms with Crippen LogP contribution in [0.3, 0.4) is 0 Å². The van der Waals surface area contributed by atoms with Crippen LogP contribution in [0.5, 0.6) is 5.88 Å². The number of hydrogen-bond donors (Lipinski definition) is 0. The number of rotatable bonds is 2. The molecule has 0 aliphatic carbocycles. The van der Waals surface area contributed by atoms with E-state index in [4.69, 9.17) is 16.3 Å². The van der Waals surface area contributed by atoms with Crippen molar-refractivity contribution < 1.29 is 4.74 Å². The Hall–Kier alpha value is -0.830. The number of hydrogen-bond acceptors (Lipinski definition) is 3. The van der Waals surface area contributed by atoms with Crippen LogP contribution in [0.2, 0.25) is 5.15 Å². The maximum absolute atomic E-state index is 5.85. The second-order valence-electron chi connectivity index (χ2n) is 2.42. The summed E-state index contributed by atoms with van der Waals surface area (Å²) >= 11 is 5.85. The molecule has 12 heavy (non-hydrogen) atoms. The molecular weight excluding hydrogens is 176 g/mol. The topological polar surface area (TPSA) is 35.0 Å². The predicted molar refractivity (Wildman–Crippen MR) is 47.7 cm³/mol. The number of aryl methyl sites for hydroxylation is 1. The zero-order valence-corrected chi connectivity index (χ0v) is 8.14. The molecule has 1 aromatic rings. The van der Waals surface area contributed by atoms with Gasteiger partial charge in [-0.05, 0) is 6.92 Å². The van der Waals surface area contributed by atoms with Gasteiger partial charge < -0.3 is 4.74 Å². The van der Waals surface area contributed by atoms with Gasteiger partial charge in [0.15, 0.2) is 0 Å². The van der Waals surface area contributed by atoms with Gasteiger partial charge in [-0.25, -0.2) is 4.98 Å². The Kier molecular flexibility index (Phi) is 2.87. The zero-order chi connectivity index (χ0) is 9.14. The van der Waals surface area contributed by atoms with Gasteiger partial charge in [0.25, 0.3) is 0 Å². The molecule has 0 aliphatic heterocycles. The first kappa shape index (κ1) is 9.26. The molecule has 0 saturated carbocycles. The Labute approximate surface area is 76.7 Å². The van der Waals surface area contributed by atoms with Crippen LogP contribution in [-0.4, -0.2) is 17.1 Å². The Morgan fingerprint density at radius 3 is 2.58 bits per heavy atom. The molecule has 3 nitrogen and oxygen atoms in total. The highest BCUT2D eigenvalue weighted by atomic mass is 35.5. The minimum atomic E-state index is 0.471. The summed E-state index contributed by atoms with van der Waals surface area (Å²) in [5.41, 5.74) is 0.788. The molecule has 0 radical (unpaired) electrons. The van der Waals surface area contributed by atoms with Crippen molar-refractivity contribution in [2.24, 2.45) is 0 Å². The van der Waals surface area contributed by atoms with E-state index in [0.29, 0.717) is 16.9 Å². The molecule has 1 aromatic heterocycles. The van der Waals surface area contributed by atoms with E-state index in [1.807, 2.05) is 13.8 Å². The smallest absolute Gasteiger partial charge is 0.220 e. The van der Waals surface area contributed by atoms with E-state index in [1.54, 1.807) is 7.11 Å². The first-order valence-corrected chi connectivity index (χ1v) is 4.13. The predicted octanol–water partition coefficient (Wildman–Crippen LogP) is 2.01. The van der Waals surface area contributed by atoms with Crippen molar-refractivity contribution in [1.29, 1.82) is 0 Å². The van der Waals surface area contributed by atoms with Crippen molar-refractivity contribution in [1.82, 2.24) is 9.97 Å². The molecule has 0 aliphatic rings. The Morgan fingerprint density at radius 1 is 1.42 bits per heavy atom. The molecule has 4 heteroatoms. The number of nitrogens with zero attached hydrogens (tertiary/aromatic N) is 2. The van der Waals surface area contributed by atoms with E-state index in [9.17, 15) is 0 Å². The highest BCUT2D eigenvalue weighted by molar-refractivity contribution is 6.30. The van der Waals surface area contributed by atoms with Crippen molar-refractivity contribution in [3.63, 3.8) is 0 Å². The van der Waals surface area contributed by atoms with E-state index in [-0.39, 0.29) is 0 Å². The molecule has 0 fully saturated rings. The van der Waals surface area contributed by atoms with Gasteiger partial charge in [0, 0.05) is 12.0 Å². The van der Waals surface area contributed by atoms with Crippen molar-refractivity contribution >= 4 is 11.6 Å². The summed E-state index contributed by atoms with van der Waals surface area (Å²) < 4.78 is 5.03. The molecule has 0 spiro atoms. The second kappa shape index (κ2) is 3.72. The lowest BCUT2D eigenvalue weighted by molar-refractivity contribution is 0.391. The van der Waals surface area contributed by atoms with E-state index >= 15 is 0 Å². The molecule has 66 valence electrons. The highest BCUT2D eigenvalue weighted by Gasteiger charge is 2.07. The number of methoxy groups -OCH3 is 1. The molecule has 0 bridgehead atoms. The summed E-state index contributed by atoms with van der Waals surface area (Å²) in [6, 6.07) is 0. The van der Waals surface area contributed by atoms with Crippen LogP contribution < -0.4 is 4.74 Å². The minimum Gasteiger partial charge on any atom is -0.481 e. The van der Waals surface area contributed by atoms with Crippen LogP contribution >= 0.6 is 11.6 Å².